The highest BCUT2D eigenvalue weighted by Gasteiger charge is 2.39. The third-order valence-electron chi connectivity index (χ3n) is 8.13. The molecule has 1 aliphatic carbocycles. The van der Waals surface area contributed by atoms with Crippen LogP contribution >= 0.6 is 0 Å². The fraction of sp³-hybridized carbons (Fsp3) is 0.294. The fourth-order valence-corrected chi connectivity index (χ4v) is 5.54. The molecule has 0 bridgehead atoms. The van der Waals surface area contributed by atoms with Crippen LogP contribution < -0.4 is 20.3 Å². The summed E-state index contributed by atoms with van der Waals surface area (Å²) in [6.07, 6.45) is 3.79. The van der Waals surface area contributed by atoms with Gasteiger partial charge in [-0.05, 0) is 42.3 Å². The molecule has 1 saturated carbocycles. The minimum atomic E-state index is -0.367. The van der Waals surface area contributed by atoms with Crippen LogP contribution in [-0.2, 0) is 20.8 Å². The van der Waals surface area contributed by atoms with E-state index in [-0.39, 0.29) is 24.3 Å². The lowest BCUT2D eigenvalue weighted by molar-refractivity contribution is -0.0443. The summed E-state index contributed by atoms with van der Waals surface area (Å²) < 4.78 is 23.5. The van der Waals surface area contributed by atoms with E-state index in [1.54, 1.807) is 31.1 Å². The maximum atomic E-state index is 13.3. The Morgan fingerprint density at radius 3 is 2.57 bits per heavy atom. The van der Waals surface area contributed by atoms with Crippen molar-refractivity contribution in [2.75, 3.05) is 44.7 Å². The summed E-state index contributed by atoms with van der Waals surface area (Å²) in [7, 11) is 5.29. The van der Waals surface area contributed by atoms with Crippen molar-refractivity contribution in [2.24, 2.45) is 0 Å². The number of rotatable bonds is 11. The molecule has 0 radical (unpaired) electrons. The summed E-state index contributed by atoms with van der Waals surface area (Å²) in [5.41, 5.74) is 6.26. The molecule has 2 aliphatic rings. The quantitative estimate of drug-likeness (QED) is 0.214. The van der Waals surface area contributed by atoms with Crippen LogP contribution in [0.4, 0.5) is 17.2 Å². The van der Waals surface area contributed by atoms with Crippen molar-refractivity contribution >= 4 is 28.7 Å². The second-order valence-electron chi connectivity index (χ2n) is 11.3. The van der Waals surface area contributed by atoms with Crippen LogP contribution in [0.3, 0.4) is 0 Å². The first-order valence-electron chi connectivity index (χ1n) is 15.1. The van der Waals surface area contributed by atoms with E-state index in [0.717, 1.165) is 45.9 Å². The molecule has 4 heterocycles. The molecule has 2 aromatic carbocycles. The topological polar surface area (TPSA) is 124 Å². The Labute approximate surface area is 266 Å². The van der Waals surface area contributed by atoms with E-state index in [0.29, 0.717) is 36.9 Å². The molecule has 1 saturated heterocycles. The molecule has 46 heavy (non-hydrogen) atoms. The number of aromatic nitrogens is 4. The Morgan fingerprint density at radius 1 is 1.02 bits per heavy atom. The Morgan fingerprint density at radius 2 is 1.85 bits per heavy atom. The van der Waals surface area contributed by atoms with Crippen LogP contribution in [0.1, 0.15) is 34.3 Å². The lowest BCUT2D eigenvalue weighted by atomic mass is 10.1. The van der Waals surface area contributed by atoms with Gasteiger partial charge in [0.05, 0.1) is 50.0 Å². The van der Waals surface area contributed by atoms with Crippen LogP contribution in [0.15, 0.2) is 79.1 Å². The predicted molar refractivity (Wildman–Crippen MR) is 172 cm³/mol. The van der Waals surface area contributed by atoms with Gasteiger partial charge in [-0.3, -0.25) is 9.78 Å². The third kappa shape index (κ3) is 6.23. The Kier molecular flexibility index (Phi) is 8.22. The molecule has 5 aromatic rings. The van der Waals surface area contributed by atoms with Crippen molar-refractivity contribution in [1.29, 1.82) is 0 Å². The highest BCUT2D eigenvalue weighted by molar-refractivity contribution is 5.94. The van der Waals surface area contributed by atoms with E-state index in [1.165, 1.54) is 0 Å². The van der Waals surface area contributed by atoms with Gasteiger partial charge in [-0.2, -0.15) is 0 Å². The largest absolute Gasteiger partial charge is 0.497 e. The second-order valence-corrected chi connectivity index (χ2v) is 11.3. The van der Waals surface area contributed by atoms with Gasteiger partial charge in [-0.15, -0.1) is 5.10 Å². The van der Waals surface area contributed by atoms with Crippen LogP contribution in [0.2, 0.25) is 0 Å². The molecule has 2 atom stereocenters. The van der Waals surface area contributed by atoms with Crippen molar-refractivity contribution in [3.05, 3.63) is 95.9 Å². The molecule has 2 fully saturated rings. The Bertz CT molecular complexity index is 1840. The average Bonchev–Trinajstić information content (AvgIpc) is 3.41. The normalized spacial score (nSPS) is 17.6. The third-order valence-corrected chi connectivity index (χ3v) is 8.13. The van der Waals surface area contributed by atoms with Gasteiger partial charge in [0.1, 0.15) is 5.75 Å². The zero-order chi connectivity index (χ0) is 31.6. The molecule has 12 nitrogen and oxygen atoms in total. The van der Waals surface area contributed by atoms with Gasteiger partial charge in [-0.1, -0.05) is 30.3 Å². The van der Waals surface area contributed by atoms with E-state index in [9.17, 15) is 4.79 Å². The smallest absolute Gasteiger partial charge is 0.271 e. The summed E-state index contributed by atoms with van der Waals surface area (Å²) in [5, 5.41) is 11.3. The summed E-state index contributed by atoms with van der Waals surface area (Å²) in [6.45, 7) is 1.77. The molecule has 12 heteroatoms. The molecule has 2 N–H and O–H groups in total. The van der Waals surface area contributed by atoms with Crippen molar-refractivity contribution in [1.82, 2.24) is 24.9 Å². The number of carbonyl (C=O) groups excluding carboxylic acids is 1. The molecular weight excluding hydrogens is 586 g/mol. The number of fused-ring (bicyclic) bond motifs is 1. The van der Waals surface area contributed by atoms with Crippen molar-refractivity contribution in [3.8, 4) is 17.0 Å². The SMILES string of the molecule is COc1ccc(CN(C)c2cc(Nc3cccc(-c4ccc(C5OCCO5)cn4)c3)nn3c(C(=O)NC4CC4OC)cnc23)cc1. The number of imidazole rings is 1. The molecule has 236 valence electrons. The standard InChI is InChI=1S/C34H35N7O5/c1-40(20-21-7-10-25(43-2)11-8-21)28-17-31(39-41-29(19-36-32(28)41)33(42)38-27-16-30(27)44-3)37-24-6-4-5-22(15-24)26-12-9-23(18-35-26)34-45-13-14-46-34/h4-12,15,17-19,27,30,34H,13-14,16,20H2,1-3H3,(H,37,39)(H,38,42). The summed E-state index contributed by atoms with van der Waals surface area (Å²) in [4.78, 5) is 24.7. The van der Waals surface area contributed by atoms with Crippen molar-refractivity contribution in [2.45, 2.75) is 31.4 Å². The Balaban J connectivity index is 1.19. The average molecular weight is 622 g/mol. The number of methoxy groups -OCH3 is 2. The summed E-state index contributed by atoms with van der Waals surface area (Å²) >= 11 is 0. The number of carbonyl (C=O) groups is 1. The van der Waals surface area contributed by atoms with Crippen LogP contribution in [0.5, 0.6) is 5.75 Å². The van der Waals surface area contributed by atoms with Crippen molar-refractivity contribution in [3.63, 3.8) is 0 Å². The van der Waals surface area contributed by atoms with Crippen molar-refractivity contribution < 1.29 is 23.7 Å². The van der Waals surface area contributed by atoms with Gasteiger partial charge < -0.3 is 34.5 Å². The minimum Gasteiger partial charge on any atom is -0.497 e. The number of hydrogen-bond acceptors (Lipinski definition) is 10. The lowest BCUT2D eigenvalue weighted by Crippen LogP contribution is -2.29. The highest BCUT2D eigenvalue weighted by atomic mass is 16.7. The molecular formula is C34H35N7O5. The van der Waals surface area contributed by atoms with E-state index < -0.39 is 0 Å². The molecule has 1 amide bonds. The van der Waals surface area contributed by atoms with Crippen LogP contribution in [-0.4, -0.2) is 72.1 Å². The first-order valence-corrected chi connectivity index (χ1v) is 15.1. The molecule has 1 aliphatic heterocycles. The monoisotopic (exact) mass is 621 g/mol. The molecule has 3 aromatic heterocycles. The van der Waals surface area contributed by atoms with Gasteiger partial charge >= 0.3 is 0 Å². The lowest BCUT2D eigenvalue weighted by Gasteiger charge is -2.21. The maximum Gasteiger partial charge on any atom is 0.271 e. The van der Waals surface area contributed by atoms with E-state index >= 15 is 0 Å². The number of hydrogen-bond donors (Lipinski definition) is 2. The number of nitrogens with zero attached hydrogens (tertiary/aromatic N) is 5. The number of anilines is 3. The number of benzene rings is 2. The van der Waals surface area contributed by atoms with Gasteiger partial charge in [0.2, 0.25) is 0 Å². The predicted octanol–water partition coefficient (Wildman–Crippen LogP) is 4.74. The first kappa shape index (κ1) is 29.7. The first-order chi connectivity index (χ1) is 22.5. The zero-order valence-electron chi connectivity index (χ0n) is 25.8. The number of nitrogens with one attached hydrogen (secondary N) is 2. The molecule has 2 unspecified atom stereocenters. The van der Waals surface area contributed by atoms with E-state index in [4.69, 9.17) is 24.0 Å². The van der Waals surface area contributed by atoms with Gasteiger partial charge in [0, 0.05) is 49.8 Å². The minimum absolute atomic E-state index is 0.0230. The summed E-state index contributed by atoms with van der Waals surface area (Å²) in [6, 6.07) is 21.7. The van der Waals surface area contributed by atoms with Crippen LogP contribution in [0, 0.1) is 0 Å². The van der Waals surface area contributed by atoms with Gasteiger partial charge in [-0.25, -0.2) is 9.50 Å². The Hall–Kier alpha value is -5.04. The molecule has 7 rings (SSSR count). The summed E-state index contributed by atoms with van der Waals surface area (Å²) in [5.74, 6) is 1.09. The highest BCUT2D eigenvalue weighted by Crippen LogP contribution is 2.30. The van der Waals surface area contributed by atoms with Gasteiger partial charge in [0.25, 0.3) is 5.91 Å². The zero-order valence-corrected chi connectivity index (χ0v) is 25.8. The number of pyridine rings is 1. The maximum absolute atomic E-state index is 13.3. The number of ether oxygens (including phenoxy) is 4. The van der Waals surface area contributed by atoms with Crippen LogP contribution in [0.25, 0.3) is 16.9 Å². The fourth-order valence-electron chi connectivity index (χ4n) is 5.54. The van der Waals surface area contributed by atoms with Gasteiger partial charge in [0.15, 0.2) is 23.4 Å². The second kappa shape index (κ2) is 12.8. The van der Waals surface area contributed by atoms with E-state index in [2.05, 4.69) is 25.5 Å². The molecule has 0 spiro atoms. The number of amides is 1. The van der Waals surface area contributed by atoms with E-state index in [1.807, 2.05) is 73.8 Å².